The van der Waals surface area contributed by atoms with Gasteiger partial charge >= 0.3 is 6.09 Å². The van der Waals surface area contributed by atoms with Gasteiger partial charge in [0.15, 0.2) is 0 Å². The molecular weight excluding hydrogens is 320 g/mol. The first-order valence-corrected chi connectivity index (χ1v) is 8.49. The Balaban J connectivity index is 2.17. The van der Waals surface area contributed by atoms with Crippen molar-refractivity contribution in [2.24, 2.45) is 5.16 Å². The Morgan fingerprint density at radius 2 is 2.24 bits per heavy atom. The van der Waals surface area contributed by atoms with Crippen LogP contribution in [0.1, 0.15) is 57.5 Å². The number of unbranched alkanes of at least 4 members (excludes halogenated alkanes) is 1. The lowest BCUT2D eigenvalue weighted by molar-refractivity contribution is 0.0223. The second-order valence-electron chi connectivity index (χ2n) is 6.96. The lowest BCUT2D eigenvalue weighted by Gasteiger charge is -2.29. The molecule has 2 rings (SSSR count). The Labute approximate surface area is 148 Å². The number of aromatic nitrogens is 2. The monoisotopic (exact) mass is 346 g/mol. The number of oxime groups is 1. The number of hydrogen-bond donors (Lipinski definition) is 1. The van der Waals surface area contributed by atoms with Crippen LogP contribution in [-0.2, 0) is 24.2 Å². The quantitative estimate of drug-likeness (QED) is 0.299. The largest absolute Gasteiger partial charge is 0.444 e. The summed E-state index contributed by atoms with van der Waals surface area (Å²) in [5.74, 6) is 5.91. The third kappa shape index (κ3) is 4.99. The van der Waals surface area contributed by atoms with Gasteiger partial charge in [0.1, 0.15) is 5.60 Å². The van der Waals surface area contributed by atoms with Gasteiger partial charge in [-0.15, -0.1) is 11.8 Å². The molecule has 1 aromatic rings. The molecule has 2 heterocycles. The Morgan fingerprint density at radius 1 is 1.48 bits per heavy atom. The molecule has 0 radical (unpaired) electrons. The van der Waals surface area contributed by atoms with E-state index in [1.54, 1.807) is 4.90 Å². The molecule has 0 spiro atoms. The van der Waals surface area contributed by atoms with Crippen molar-refractivity contribution in [3.8, 4) is 11.8 Å². The van der Waals surface area contributed by atoms with Crippen LogP contribution in [0.5, 0.6) is 0 Å². The topological polar surface area (TPSA) is 80.0 Å². The average Bonchev–Trinajstić information content (AvgIpc) is 2.87. The van der Waals surface area contributed by atoms with Crippen LogP contribution >= 0.6 is 0 Å². The van der Waals surface area contributed by atoms with Crippen molar-refractivity contribution in [1.29, 1.82) is 0 Å². The molecule has 0 unspecified atom stereocenters. The number of aryl methyl sites for hydroxylation is 1. The summed E-state index contributed by atoms with van der Waals surface area (Å²) in [5, 5.41) is 16.8. The Bertz CT molecular complexity index is 704. The van der Waals surface area contributed by atoms with Gasteiger partial charge in [0.2, 0.25) is 0 Å². The van der Waals surface area contributed by atoms with Crippen molar-refractivity contribution in [1.82, 2.24) is 14.7 Å². The first-order chi connectivity index (χ1) is 11.9. The molecule has 0 saturated heterocycles. The first kappa shape index (κ1) is 18.8. The number of carbonyl (C=O) groups excluding carboxylic acids is 1. The molecule has 0 aliphatic carbocycles. The van der Waals surface area contributed by atoms with E-state index in [-0.39, 0.29) is 6.09 Å². The number of ether oxygens (including phenoxy) is 1. The van der Waals surface area contributed by atoms with Crippen LogP contribution < -0.4 is 0 Å². The van der Waals surface area contributed by atoms with E-state index in [4.69, 9.17) is 9.94 Å². The summed E-state index contributed by atoms with van der Waals surface area (Å²) in [4.78, 5) is 14.0. The second kappa shape index (κ2) is 8.06. The maximum Gasteiger partial charge on any atom is 0.410 e. The summed E-state index contributed by atoms with van der Waals surface area (Å²) in [7, 11) is 0. The molecule has 25 heavy (non-hydrogen) atoms. The van der Waals surface area contributed by atoms with Gasteiger partial charge in [-0.2, -0.15) is 5.10 Å². The third-order valence-electron chi connectivity index (χ3n) is 3.82. The summed E-state index contributed by atoms with van der Waals surface area (Å²) in [6.45, 7) is 9.03. The van der Waals surface area contributed by atoms with E-state index < -0.39 is 5.60 Å². The van der Waals surface area contributed by atoms with Gasteiger partial charge in [-0.05, 0) is 34.1 Å². The van der Waals surface area contributed by atoms with Crippen LogP contribution in [0, 0.1) is 11.8 Å². The van der Waals surface area contributed by atoms with Gasteiger partial charge in [0.25, 0.3) is 0 Å². The van der Waals surface area contributed by atoms with E-state index in [2.05, 4.69) is 22.1 Å². The molecule has 0 bridgehead atoms. The molecule has 1 aromatic heterocycles. The van der Waals surface area contributed by atoms with Gasteiger partial charge in [0.05, 0.1) is 24.1 Å². The van der Waals surface area contributed by atoms with E-state index in [0.29, 0.717) is 26.1 Å². The maximum atomic E-state index is 12.3. The minimum atomic E-state index is -0.531. The summed E-state index contributed by atoms with van der Waals surface area (Å²) in [6.07, 6.45) is 3.36. The number of amides is 1. The average molecular weight is 346 g/mol. The molecule has 1 N–H and O–H groups in total. The molecule has 0 saturated carbocycles. The van der Waals surface area contributed by atoms with Crippen LogP contribution in [0.3, 0.4) is 0 Å². The molecule has 136 valence electrons. The highest BCUT2D eigenvalue weighted by molar-refractivity contribution is 5.80. The number of carbonyl (C=O) groups is 1. The standard InChI is InChI=1S/C18H26N4O3/c1-5-6-7-8-10-22-16(12-19-24)14-13-21(11-9-15(14)20-22)17(23)25-18(2,3)4/h12,24H,7-11,13H2,1-4H3/b19-12+. The van der Waals surface area contributed by atoms with Crippen LogP contribution in [0.15, 0.2) is 5.16 Å². The number of fused-ring (bicyclic) bond motifs is 1. The van der Waals surface area contributed by atoms with Crippen LogP contribution in [-0.4, -0.2) is 44.3 Å². The predicted octanol–water partition coefficient (Wildman–Crippen LogP) is 2.79. The van der Waals surface area contributed by atoms with E-state index >= 15 is 0 Å². The lowest BCUT2D eigenvalue weighted by atomic mass is 10.1. The number of hydrogen-bond acceptors (Lipinski definition) is 5. The smallest absolute Gasteiger partial charge is 0.410 e. The van der Waals surface area contributed by atoms with E-state index in [1.807, 2.05) is 32.4 Å². The van der Waals surface area contributed by atoms with E-state index in [9.17, 15) is 4.79 Å². The number of rotatable bonds is 4. The van der Waals surface area contributed by atoms with E-state index in [1.165, 1.54) is 6.21 Å². The molecule has 7 heteroatoms. The van der Waals surface area contributed by atoms with Crippen molar-refractivity contribution >= 4 is 12.3 Å². The summed E-state index contributed by atoms with van der Waals surface area (Å²) < 4.78 is 7.29. The molecule has 1 amide bonds. The Hall–Kier alpha value is -2.49. The van der Waals surface area contributed by atoms with Crippen molar-refractivity contribution < 1.29 is 14.7 Å². The number of nitrogens with zero attached hydrogens (tertiary/aromatic N) is 4. The zero-order valence-electron chi connectivity index (χ0n) is 15.4. The van der Waals surface area contributed by atoms with Crippen LogP contribution in [0.4, 0.5) is 4.79 Å². The van der Waals surface area contributed by atoms with Crippen molar-refractivity contribution in [3.05, 3.63) is 17.0 Å². The third-order valence-corrected chi connectivity index (χ3v) is 3.82. The molecule has 0 fully saturated rings. The molecular formula is C18H26N4O3. The molecule has 1 aliphatic heterocycles. The van der Waals surface area contributed by atoms with Gasteiger partial charge in [-0.3, -0.25) is 4.68 Å². The summed E-state index contributed by atoms with van der Waals surface area (Å²) >= 11 is 0. The fourth-order valence-corrected chi connectivity index (χ4v) is 2.74. The van der Waals surface area contributed by atoms with Crippen molar-refractivity contribution in [2.75, 3.05) is 6.54 Å². The lowest BCUT2D eigenvalue weighted by Crippen LogP contribution is -2.40. The predicted molar refractivity (Wildman–Crippen MR) is 94.6 cm³/mol. The highest BCUT2D eigenvalue weighted by Crippen LogP contribution is 2.23. The summed E-state index contributed by atoms with van der Waals surface area (Å²) in [5.41, 5.74) is 2.06. The second-order valence-corrected chi connectivity index (χ2v) is 6.96. The molecule has 0 aromatic carbocycles. The van der Waals surface area contributed by atoms with Gasteiger partial charge in [-0.25, -0.2) is 4.79 Å². The van der Waals surface area contributed by atoms with Crippen molar-refractivity contribution in [3.63, 3.8) is 0 Å². The highest BCUT2D eigenvalue weighted by Gasteiger charge is 2.29. The zero-order chi connectivity index (χ0) is 18.4. The highest BCUT2D eigenvalue weighted by atomic mass is 16.6. The fourth-order valence-electron chi connectivity index (χ4n) is 2.74. The zero-order valence-corrected chi connectivity index (χ0v) is 15.4. The Morgan fingerprint density at radius 3 is 2.88 bits per heavy atom. The minimum absolute atomic E-state index is 0.337. The molecule has 0 atom stereocenters. The van der Waals surface area contributed by atoms with Gasteiger partial charge in [0, 0.05) is 31.5 Å². The van der Waals surface area contributed by atoms with Gasteiger partial charge < -0.3 is 14.8 Å². The van der Waals surface area contributed by atoms with Gasteiger partial charge in [-0.1, -0.05) is 5.16 Å². The maximum absolute atomic E-state index is 12.3. The fraction of sp³-hybridized carbons (Fsp3) is 0.611. The normalized spacial score (nSPS) is 14.2. The summed E-state index contributed by atoms with van der Waals surface area (Å²) in [6, 6.07) is 0. The SMILES string of the molecule is CC#CCCCn1nc2c(c1/C=N/O)CN(C(=O)OC(C)(C)C)CC2. The first-order valence-electron chi connectivity index (χ1n) is 8.49. The van der Waals surface area contributed by atoms with Crippen molar-refractivity contribution in [2.45, 2.75) is 65.6 Å². The van der Waals surface area contributed by atoms with Crippen LogP contribution in [0.25, 0.3) is 0 Å². The van der Waals surface area contributed by atoms with E-state index in [0.717, 1.165) is 29.8 Å². The Kier molecular flexibility index (Phi) is 6.07. The van der Waals surface area contributed by atoms with Crippen LogP contribution in [0.2, 0.25) is 0 Å². The molecule has 7 nitrogen and oxygen atoms in total. The minimum Gasteiger partial charge on any atom is -0.444 e. The molecule has 1 aliphatic rings.